The molecule has 1 aliphatic carbocycles. The van der Waals surface area contributed by atoms with Gasteiger partial charge < -0.3 is 4.90 Å². The second-order valence-corrected chi connectivity index (χ2v) is 6.13. The highest BCUT2D eigenvalue weighted by molar-refractivity contribution is 5.03. The third kappa shape index (κ3) is 4.59. The summed E-state index contributed by atoms with van der Waals surface area (Å²) in [6.45, 7) is 8.29. The molecule has 0 spiro atoms. The molecule has 0 saturated heterocycles. The number of hydrogen-bond acceptors (Lipinski definition) is 3. The smallest absolute Gasteiger partial charge is 0.105 e. The van der Waals surface area contributed by atoms with Crippen molar-refractivity contribution in [3.05, 3.63) is 0 Å². The van der Waals surface area contributed by atoms with E-state index >= 15 is 0 Å². The van der Waals surface area contributed by atoms with Crippen LogP contribution in [-0.4, -0.2) is 36.6 Å². The Hall–Kier alpha value is -0.590. The average Bonchev–Trinajstić information content (AvgIpc) is 2.36. The summed E-state index contributed by atoms with van der Waals surface area (Å²) in [6, 6.07) is 3.13. The molecule has 18 heavy (non-hydrogen) atoms. The molecule has 0 aliphatic heterocycles. The molecule has 0 heterocycles. The molecule has 1 aliphatic rings. The Morgan fingerprint density at radius 2 is 2.17 bits per heavy atom. The van der Waals surface area contributed by atoms with Crippen LogP contribution >= 0.6 is 0 Å². The SMILES string of the molecule is CCNC(C)(C#N)CCN(C)C1CCCC(C)C1. The lowest BCUT2D eigenvalue weighted by Crippen LogP contribution is -2.45. The molecular formula is C15H29N3. The zero-order valence-corrected chi connectivity index (χ0v) is 12.5. The second-order valence-electron chi connectivity index (χ2n) is 6.13. The molecule has 0 aromatic carbocycles. The van der Waals surface area contributed by atoms with Crippen LogP contribution in [0, 0.1) is 17.2 Å². The zero-order chi connectivity index (χ0) is 13.6. The maximum absolute atomic E-state index is 9.25. The van der Waals surface area contributed by atoms with Crippen LogP contribution in [0.3, 0.4) is 0 Å². The Morgan fingerprint density at radius 1 is 1.44 bits per heavy atom. The molecule has 0 aromatic heterocycles. The maximum Gasteiger partial charge on any atom is 0.105 e. The van der Waals surface area contributed by atoms with Gasteiger partial charge in [-0.1, -0.05) is 26.7 Å². The molecule has 1 rings (SSSR count). The Balaban J connectivity index is 2.40. The van der Waals surface area contributed by atoms with Gasteiger partial charge in [0.15, 0.2) is 0 Å². The van der Waals surface area contributed by atoms with Crippen LogP contribution in [0.2, 0.25) is 0 Å². The zero-order valence-electron chi connectivity index (χ0n) is 12.5. The van der Waals surface area contributed by atoms with Gasteiger partial charge in [0.1, 0.15) is 5.54 Å². The van der Waals surface area contributed by atoms with Crippen LogP contribution in [-0.2, 0) is 0 Å². The van der Waals surface area contributed by atoms with E-state index in [1.165, 1.54) is 25.7 Å². The number of hydrogen-bond donors (Lipinski definition) is 1. The van der Waals surface area contributed by atoms with Gasteiger partial charge in [0, 0.05) is 12.6 Å². The lowest BCUT2D eigenvalue weighted by atomic mass is 9.86. The first-order valence-electron chi connectivity index (χ1n) is 7.37. The number of nitriles is 1. The maximum atomic E-state index is 9.25. The minimum Gasteiger partial charge on any atom is -0.303 e. The van der Waals surface area contributed by atoms with Gasteiger partial charge in [0.25, 0.3) is 0 Å². The van der Waals surface area contributed by atoms with Gasteiger partial charge in [-0.2, -0.15) is 5.26 Å². The van der Waals surface area contributed by atoms with Crippen LogP contribution in [0.5, 0.6) is 0 Å². The van der Waals surface area contributed by atoms with E-state index in [1.807, 2.05) is 6.92 Å². The van der Waals surface area contributed by atoms with E-state index in [9.17, 15) is 5.26 Å². The summed E-state index contributed by atoms with van der Waals surface area (Å²) in [5, 5.41) is 12.5. The van der Waals surface area contributed by atoms with Crippen LogP contribution in [0.25, 0.3) is 0 Å². The first-order valence-corrected chi connectivity index (χ1v) is 7.37. The van der Waals surface area contributed by atoms with E-state index < -0.39 is 0 Å². The van der Waals surface area contributed by atoms with Gasteiger partial charge >= 0.3 is 0 Å². The summed E-state index contributed by atoms with van der Waals surface area (Å²) in [5.41, 5.74) is -0.372. The van der Waals surface area contributed by atoms with Crippen molar-refractivity contribution in [1.82, 2.24) is 10.2 Å². The van der Waals surface area contributed by atoms with E-state index in [0.717, 1.165) is 31.5 Å². The molecule has 3 heteroatoms. The lowest BCUT2D eigenvalue weighted by Gasteiger charge is -2.35. The van der Waals surface area contributed by atoms with Crippen LogP contribution in [0.1, 0.15) is 52.9 Å². The van der Waals surface area contributed by atoms with Crippen molar-refractivity contribution in [3.8, 4) is 6.07 Å². The summed E-state index contributed by atoms with van der Waals surface area (Å²) < 4.78 is 0. The number of rotatable bonds is 6. The summed E-state index contributed by atoms with van der Waals surface area (Å²) in [7, 11) is 2.21. The highest BCUT2D eigenvalue weighted by Crippen LogP contribution is 2.27. The van der Waals surface area contributed by atoms with Gasteiger partial charge in [0.05, 0.1) is 6.07 Å². The van der Waals surface area contributed by atoms with Crippen molar-refractivity contribution in [2.45, 2.75) is 64.5 Å². The van der Waals surface area contributed by atoms with Gasteiger partial charge in [-0.05, 0) is 45.7 Å². The first kappa shape index (κ1) is 15.5. The average molecular weight is 251 g/mol. The molecule has 0 bridgehead atoms. The molecule has 1 saturated carbocycles. The van der Waals surface area contributed by atoms with Crippen molar-refractivity contribution < 1.29 is 0 Å². The molecule has 3 unspecified atom stereocenters. The summed E-state index contributed by atoms with van der Waals surface area (Å²) in [6.07, 6.45) is 6.29. The topological polar surface area (TPSA) is 39.1 Å². The summed E-state index contributed by atoms with van der Waals surface area (Å²) in [5.74, 6) is 0.863. The highest BCUT2D eigenvalue weighted by atomic mass is 15.1. The number of nitrogens with one attached hydrogen (secondary N) is 1. The van der Waals surface area contributed by atoms with Crippen LogP contribution in [0.15, 0.2) is 0 Å². The third-order valence-corrected chi connectivity index (χ3v) is 4.31. The van der Waals surface area contributed by atoms with Crippen LogP contribution in [0.4, 0.5) is 0 Å². The fourth-order valence-electron chi connectivity index (χ4n) is 2.96. The van der Waals surface area contributed by atoms with E-state index in [4.69, 9.17) is 0 Å². The molecule has 3 nitrogen and oxygen atoms in total. The summed E-state index contributed by atoms with van der Waals surface area (Å²) in [4.78, 5) is 2.46. The van der Waals surface area contributed by atoms with Gasteiger partial charge in [-0.15, -0.1) is 0 Å². The normalized spacial score (nSPS) is 27.8. The Labute approximate surface area is 113 Å². The number of nitrogens with zero attached hydrogens (tertiary/aromatic N) is 2. The molecular weight excluding hydrogens is 222 g/mol. The lowest BCUT2D eigenvalue weighted by molar-refractivity contribution is 0.154. The molecule has 0 amide bonds. The second kappa shape index (κ2) is 7.11. The summed E-state index contributed by atoms with van der Waals surface area (Å²) >= 11 is 0. The fraction of sp³-hybridized carbons (Fsp3) is 0.933. The predicted octanol–water partition coefficient (Wildman–Crippen LogP) is 2.78. The van der Waals surface area contributed by atoms with Crippen molar-refractivity contribution >= 4 is 0 Å². The highest BCUT2D eigenvalue weighted by Gasteiger charge is 2.26. The largest absolute Gasteiger partial charge is 0.303 e. The third-order valence-electron chi connectivity index (χ3n) is 4.31. The Bertz CT molecular complexity index is 284. The molecule has 3 atom stereocenters. The molecule has 1 N–H and O–H groups in total. The Morgan fingerprint density at radius 3 is 2.72 bits per heavy atom. The van der Waals surface area contributed by atoms with Crippen molar-refractivity contribution in [3.63, 3.8) is 0 Å². The van der Waals surface area contributed by atoms with Gasteiger partial charge in [0.2, 0.25) is 0 Å². The standard InChI is InChI=1S/C15H29N3/c1-5-17-15(3,12-16)9-10-18(4)14-8-6-7-13(2)11-14/h13-14,17H,5-11H2,1-4H3. The molecule has 0 radical (unpaired) electrons. The molecule has 1 fully saturated rings. The fourth-order valence-corrected chi connectivity index (χ4v) is 2.96. The molecule has 0 aromatic rings. The van der Waals surface area contributed by atoms with Crippen LogP contribution < -0.4 is 5.32 Å². The quantitative estimate of drug-likeness (QED) is 0.789. The van der Waals surface area contributed by atoms with Gasteiger partial charge in [-0.25, -0.2) is 0 Å². The predicted molar refractivity (Wildman–Crippen MR) is 76.4 cm³/mol. The minimum atomic E-state index is -0.372. The van der Waals surface area contributed by atoms with Gasteiger partial charge in [-0.3, -0.25) is 5.32 Å². The van der Waals surface area contributed by atoms with Crippen molar-refractivity contribution in [2.75, 3.05) is 20.1 Å². The monoisotopic (exact) mass is 251 g/mol. The van der Waals surface area contributed by atoms with E-state index in [2.05, 4.69) is 37.2 Å². The van der Waals surface area contributed by atoms with E-state index in [-0.39, 0.29) is 5.54 Å². The Kier molecular flexibility index (Phi) is 6.11. The van der Waals surface area contributed by atoms with Crippen molar-refractivity contribution in [1.29, 1.82) is 5.26 Å². The molecule has 104 valence electrons. The first-order chi connectivity index (χ1) is 8.50. The van der Waals surface area contributed by atoms with E-state index in [0.29, 0.717) is 0 Å². The van der Waals surface area contributed by atoms with Crippen molar-refractivity contribution in [2.24, 2.45) is 5.92 Å². The van der Waals surface area contributed by atoms with E-state index in [1.54, 1.807) is 0 Å². The minimum absolute atomic E-state index is 0.372.